The first-order valence-corrected chi connectivity index (χ1v) is 7.68. The number of rotatable bonds is 8. The predicted octanol–water partition coefficient (Wildman–Crippen LogP) is 2.23. The van der Waals surface area contributed by atoms with Gasteiger partial charge in [-0.1, -0.05) is 0 Å². The smallest absolute Gasteiger partial charge is 0.359 e. The average molecular weight is 263 g/mol. The van der Waals surface area contributed by atoms with Crippen LogP contribution in [0.15, 0.2) is 11.0 Å². The maximum absolute atomic E-state index is 12.6. The third-order valence-electron chi connectivity index (χ3n) is 2.57. The van der Waals surface area contributed by atoms with Crippen molar-refractivity contribution in [3.8, 4) is 0 Å². The monoisotopic (exact) mass is 263 g/mol. The van der Waals surface area contributed by atoms with E-state index in [0.717, 1.165) is 30.3 Å². The molecule has 0 aromatic rings. The van der Waals surface area contributed by atoms with Crippen LogP contribution >= 0.6 is 7.60 Å². The third-order valence-corrected chi connectivity index (χ3v) is 4.92. The summed E-state index contributed by atoms with van der Waals surface area (Å²) in [7, 11) is -3.13. The largest absolute Gasteiger partial charge is 0.395 e. The van der Waals surface area contributed by atoms with Gasteiger partial charge < -0.3 is 19.5 Å². The Hall–Kier alpha value is -0.350. The van der Waals surface area contributed by atoms with Gasteiger partial charge in [0.05, 0.1) is 25.1 Å². The Morgan fingerprint density at radius 2 is 1.94 bits per heavy atom. The highest BCUT2D eigenvalue weighted by Crippen LogP contribution is 2.60. The molecule has 0 heterocycles. The molecular weight excluding hydrogens is 241 g/mol. The average Bonchev–Trinajstić information content (AvgIpc) is 2.75. The van der Waals surface area contributed by atoms with E-state index in [0.29, 0.717) is 19.8 Å². The Labute approximate surface area is 103 Å². The normalized spacial score (nSPS) is 16.6. The summed E-state index contributed by atoms with van der Waals surface area (Å²) in [6.07, 6.45) is 2.54. The van der Waals surface area contributed by atoms with Crippen LogP contribution in [0.25, 0.3) is 0 Å². The standard InChI is InChI=1S/C11H22NO4P/c1-3-15-17(14,16-4-2)11-7-5-6-10(11)12-8-9-13/h12-13H,3-9H2,1-2H3. The highest BCUT2D eigenvalue weighted by molar-refractivity contribution is 7.58. The summed E-state index contributed by atoms with van der Waals surface area (Å²) in [5.74, 6) is 0. The van der Waals surface area contributed by atoms with Crippen LogP contribution in [0.3, 0.4) is 0 Å². The molecule has 0 aliphatic heterocycles. The summed E-state index contributed by atoms with van der Waals surface area (Å²) in [6, 6.07) is 0. The molecule has 0 atom stereocenters. The van der Waals surface area contributed by atoms with Gasteiger partial charge in [0.2, 0.25) is 0 Å². The molecule has 5 nitrogen and oxygen atoms in total. The molecule has 0 spiro atoms. The fourth-order valence-electron chi connectivity index (χ4n) is 1.96. The highest BCUT2D eigenvalue weighted by Gasteiger charge is 2.34. The molecule has 0 unspecified atom stereocenters. The van der Waals surface area contributed by atoms with E-state index in [1.165, 1.54) is 0 Å². The Morgan fingerprint density at radius 3 is 2.47 bits per heavy atom. The highest BCUT2D eigenvalue weighted by atomic mass is 31.2. The van der Waals surface area contributed by atoms with E-state index in [-0.39, 0.29) is 6.61 Å². The summed E-state index contributed by atoms with van der Waals surface area (Å²) < 4.78 is 23.3. The Morgan fingerprint density at radius 1 is 1.29 bits per heavy atom. The van der Waals surface area contributed by atoms with Crippen molar-refractivity contribution in [1.29, 1.82) is 0 Å². The second kappa shape index (κ2) is 7.17. The zero-order valence-electron chi connectivity index (χ0n) is 10.6. The Kier molecular flexibility index (Phi) is 6.20. The van der Waals surface area contributed by atoms with E-state index in [1.54, 1.807) is 0 Å². The molecule has 100 valence electrons. The summed E-state index contributed by atoms with van der Waals surface area (Å²) in [6.45, 7) is 4.88. The van der Waals surface area contributed by atoms with Crippen LogP contribution in [0.1, 0.15) is 33.1 Å². The molecule has 2 N–H and O–H groups in total. The van der Waals surface area contributed by atoms with Gasteiger partial charge in [-0.25, -0.2) is 0 Å². The maximum Gasteiger partial charge on any atom is 0.359 e. The molecule has 0 radical (unpaired) electrons. The van der Waals surface area contributed by atoms with Crippen molar-refractivity contribution in [1.82, 2.24) is 5.32 Å². The molecule has 0 aromatic carbocycles. The predicted molar refractivity (Wildman–Crippen MR) is 66.8 cm³/mol. The van der Waals surface area contributed by atoms with Crippen LogP contribution in [0, 0.1) is 0 Å². The molecule has 17 heavy (non-hydrogen) atoms. The fourth-order valence-corrected chi connectivity index (χ4v) is 3.98. The lowest BCUT2D eigenvalue weighted by molar-refractivity contribution is 0.225. The molecular formula is C11H22NO4P. The van der Waals surface area contributed by atoms with Gasteiger partial charge in [0.25, 0.3) is 0 Å². The van der Waals surface area contributed by atoms with Crippen LogP contribution < -0.4 is 5.32 Å². The first kappa shape index (κ1) is 14.7. The molecule has 0 amide bonds. The van der Waals surface area contributed by atoms with Crippen LogP contribution in [0.2, 0.25) is 0 Å². The Balaban J connectivity index is 2.86. The van der Waals surface area contributed by atoms with Gasteiger partial charge in [0.1, 0.15) is 0 Å². The van der Waals surface area contributed by atoms with Gasteiger partial charge in [-0.05, 0) is 33.1 Å². The van der Waals surface area contributed by atoms with Crippen molar-refractivity contribution in [2.45, 2.75) is 33.1 Å². The molecule has 0 fully saturated rings. The molecule has 6 heteroatoms. The van der Waals surface area contributed by atoms with Crippen molar-refractivity contribution in [3.05, 3.63) is 11.0 Å². The molecule has 1 rings (SSSR count). The summed E-state index contributed by atoms with van der Waals surface area (Å²) in [5, 5.41) is 12.7. The molecule has 0 saturated carbocycles. The zero-order chi connectivity index (χ0) is 12.7. The second-order valence-corrected chi connectivity index (χ2v) is 5.81. The van der Waals surface area contributed by atoms with Crippen molar-refractivity contribution >= 4 is 7.60 Å². The minimum absolute atomic E-state index is 0.0599. The number of aliphatic hydroxyl groups excluding tert-OH is 1. The summed E-state index contributed by atoms with van der Waals surface area (Å²) >= 11 is 0. The third kappa shape index (κ3) is 3.81. The lowest BCUT2D eigenvalue weighted by Gasteiger charge is -2.20. The lowest BCUT2D eigenvalue weighted by atomic mass is 10.3. The first-order chi connectivity index (χ1) is 8.18. The van der Waals surface area contributed by atoms with Crippen LogP contribution in [0.5, 0.6) is 0 Å². The van der Waals surface area contributed by atoms with Gasteiger partial charge in [-0.3, -0.25) is 4.57 Å². The summed E-state index contributed by atoms with van der Waals surface area (Å²) in [5.41, 5.74) is 0.921. The van der Waals surface area contributed by atoms with E-state index in [9.17, 15) is 4.57 Å². The second-order valence-electron chi connectivity index (χ2n) is 3.76. The Bertz CT molecular complexity index is 307. The minimum atomic E-state index is -3.13. The van der Waals surface area contributed by atoms with E-state index in [4.69, 9.17) is 14.2 Å². The lowest BCUT2D eigenvalue weighted by Crippen LogP contribution is -2.18. The van der Waals surface area contributed by atoms with Gasteiger partial charge in [-0.15, -0.1) is 0 Å². The van der Waals surface area contributed by atoms with Crippen LogP contribution in [-0.2, 0) is 13.6 Å². The van der Waals surface area contributed by atoms with E-state index >= 15 is 0 Å². The van der Waals surface area contributed by atoms with Crippen molar-refractivity contribution in [2.75, 3.05) is 26.4 Å². The van der Waals surface area contributed by atoms with Crippen LogP contribution in [0.4, 0.5) is 0 Å². The first-order valence-electron chi connectivity index (χ1n) is 6.14. The van der Waals surface area contributed by atoms with Crippen molar-refractivity contribution in [2.24, 2.45) is 0 Å². The number of nitrogens with one attached hydrogen (secondary N) is 1. The number of hydrogen-bond acceptors (Lipinski definition) is 5. The number of allylic oxidation sites excluding steroid dienone is 2. The molecule has 0 saturated heterocycles. The van der Waals surface area contributed by atoms with E-state index in [1.807, 2.05) is 13.8 Å². The van der Waals surface area contributed by atoms with E-state index in [2.05, 4.69) is 5.32 Å². The minimum Gasteiger partial charge on any atom is -0.395 e. The van der Waals surface area contributed by atoms with Crippen molar-refractivity contribution < 1.29 is 18.7 Å². The molecule has 1 aliphatic carbocycles. The number of hydrogen-bond donors (Lipinski definition) is 2. The quantitative estimate of drug-likeness (QED) is 0.657. The van der Waals surface area contributed by atoms with E-state index < -0.39 is 7.60 Å². The zero-order valence-corrected chi connectivity index (χ0v) is 11.5. The van der Waals surface area contributed by atoms with Gasteiger partial charge >= 0.3 is 7.60 Å². The molecule has 0 aromatic heterocycles. The molecule has 0 bridgehead atoms. The van der Waals surface area contributed by atoms with Gasteiger partial charge in [0, 0.05) is 12.2 Å². The number of aliphatic hydroxyl groups is 1. The van der Waals surface area contributed by atoms with Crippen LogP contribution in [-0.4, -0.2) is 31.5 Å². The fraction of sp³-hybridized carbons (Fsp3) is 0.818. The summed E-state index contributed by atoms with van der Waals surface area (Å²) in [4.78, 5) is 0. The molecule has 1 aliphatic rings. The topological polar surface area (TPSA) is 67.8 Å². The SMILES string of the molecule is CCOP(=O)(OCC)C1=C(NCCO)CCC1. The van der Waals surface area contributed by atoms with Gasteiger partial charge in [0.15, 0.2) is 0 Å². The van der Waals surface area contributed by atoms with Crippen molar-refractivity contribution in [3.63, 3.8) is 0 Å². The van der Waals surface area contributed by atoms with Gasteiger partial charge in [-0.2, -0.15) is 0 Å². The maximum atomic E-state index is 12.6.